The smallest absolute Gasteiger partial charge is 0.327 e. The fraction of sp³-hybridized carbons (Fsp3) is 0.222. The van der Waals surface area contributed by atoms with Gasteiger partial charge in [0.1, 0.15) is 6.04 Å². The Morgan fingerprint density at radius 1 is 1.65 bits per heavy atom. The number of phenols is 1. The minimum atomic E-state index is -1.28. The van der Waals surface area contributed by atoms with Gasteiger partial charge in [0.15, 0.2) is 5.75 Å². The number of carbonyl (C=O) groups is 1. The zero-order valence-electron chi connectivity index (χ0n) is 8.71. The highest BCUT2D eigenvalue weighted by molar-refractivity contribution is 9.10. The van der Waals surface area contributed by atoms with Crippen LogP contribution in [0.3, 0.4) is 0 Å². The SMILES string of the molecule is COC(=O)[C@H](N)c1cc(Br)cc([N+](=O)[O-])c1O. The second kappa shape index (κ2) is 5.11. The van der Waals surface area contributed by atoms with Crippen LogP contribution in [0.1, 0.15) is 11.6 Å². The fourth-order valence-electron chi connectivity index (χ4n) is 1.24. The number of nitrogens with two attached hydrogens (primary N) is 1. The molecule has 0 aliphatic heterocycles. The summed E-state index contributed by atoms with van der Waals surface area (Å²) in [5.74, 6) is -1.44. The van der Waals surface area contributed by atoms with E-state index in [2.05, 4.69) is 20.7 Å². The number of rotatable bonds is 3. The molecule has 0 aliphatic rings. The van der Waals surface area contributed by atoms with Crippen molar-refractivity contribution in [3.8, 4) is 5.75 Å². The molecule has 92 valence electrons. The number of hydrogen-bond acceptors (Lipinski definition) is 6. The van der Waals surface area contributed by atoms with Gasteiger partial charge in [-0.15, -0.1) is 0 Å². The highest BCUT2D eigenvalue weighted by Gasteiger charge is 2.26. The standard InChI is InChI=1S/C9H9BrN2O5/c1-17-9(14)7(11)5-2-4(10)3-6(8(5)13)12(15)16/h2-3,7,13H,11H2,1H3/t7-/m1/s1. The molecule has 1 aromatic rings. The first kappa shape index (κ1) is 13.4. The maximum absolute atomic E-state index is 11.2. The average molecular weight is 305 g/mol. The molecule has 0 amide bonds. The van der Waals surface area contributed by atoms with Crippen LogP contribution in [0.5, 0.6) is 5.75 Å². The number of phenolic OH excluding ortho intramolecular Hbond substituents is 1. The molecule has 1 aromatic carbocycles. The van der Waals surface area contributed by atoms with E-state index in [1.807, 2.05) is 0 Å². The van der Waals surface area contributed by atoms with E-state index < -0.39 is 28.4 Å². The van der Waals surface area contributed by atoms with E-state index in [4.69, 9.17) is 5.73 Å². The molecule has 0 heterocycles. The van der Waals surface area contributed by atoms with Crippen molar-refractivity contribution in [2.45, 2.75) is 6.04 Å². The fourth-order valence-corrected chi connectivity index (χ4v) is 1.70. The molecular formula is C9H9BrN2O5. The predicted octanol–water partition coefficient (Wildman–Crippen LogP) is 1.24. The van der Waals surface area contributed by atoms with E-state index >= 15 is 0 Å². The topological polar surface area (TPSA) is 116 Å². The number of carbonyl (C=O) groups excluding carboxylic acids is 1. The second-order valence-electron chi connectivity index (χ2n) is 3.12. The van der Waals surface area contributed by atoms with Crippen molar-refractivity contribution in [1.29, 1.82) is 0 Å². The Morgan fingerprint density at radius 2 is 2.24 bits per heavy atom. The van der Waals surface area contributed by atoms with Crippen LogP contribution in [0.25, 0.3) is 0 Å². The minimum absolute atomic E-state index is 0.0714. The maximum Gasteiger partial charge on any atom is 0.327 e. The molecule has 17 heavy (non-hydrogen) atoms. The number of halogens is 1. The Balaban J connectivity index is 3.34. The third kappa shape index (κ3) is 2.71. The second-order valence-corrected chi connectivity index (χ2v) is 4.04. The first-order valence-electron chi connectivity index (χ1n) is 4.38. The molecule has 0 aliphatic carbocycles. The van der Waals surface area contributed by atoms with Crippen molar-refractivity contribution in [1.82, 2.24) is 0 Å². The number of aromatic hydroxyl groups is 1. The highest BCUT2D eigenvalue weighted by Crippen LogP contribution is 2.36. The molecule has 3 N–H and O–H groups in total. The van der Waals surface area contributed by atoms with Gasteiger partial charge in [-0.2, -0.15) is 0 Å². The lowest BCUT2D eigenvalue weighted by Gasteiger charge is -2.11. The van der Waals surface area contributed by atoms with Crippen LogP contribution in [0.2, 0.25) is 0 Å². The molecule has 0 bridgehead atoms. The maximum atomic E-state index is 11.2. The quantitative estimate of drug-likeness (QED) is 0.493. The molecule has 0 saturated heterocycles. The Morgan fingerprint density at radius 3 is 2.71 bits per heavy atom. The zero-order chi connectivity index (χ0) is 13.2. The van der Waals surface area contributed by atoms with Crippen molar-refractivity contribution in [2.75, 3.05) is 7.11 Å². The van der Waals surface area contributed by atoms with Crippen LogP contribution in [0, 0.1) is 10.1 Å². The summed E-state index contributed by atoms with van der Waals surface area (Å²) in [6.07, 6.45) is 0. The van der Waals surface area contributed by atoms with E-state index in [-0.39, 0.29) is 5.56 Å². The minimum Gasteiger partial charge on any atom is -0.502 e. The monoisotopic (exact) mass is 304 g/mol. The van der Waals surface area contributed by atoms with E-state index in [1.165, 1.54) is 6.07 Å². The summed E-state index contributed by atoms with van der Waals surface area (Å²) in [5.41, 5.74) is 4.90. The van der Waals surface area contributed by atoms with Crippen LogP contribution < -0.4 is 5.73 Å². The summed E-state index contributed by atoms with van der Waals surface area (Å²) in [5, 5.41) is 20.3. The number of nitrogens with zero attached hydrogens (tertiary/aromatic N) is 1. The van der Waals surface area contributed by atoms with Crippen LogP contribution in [-0.2, 0) is 9.53 Å². The van der Waals surface area contributed by atoms with Crippen LogP contribution in [0.4, 0.5) is 5.69 Å². The first-order chi connectivity index (χ1) is 7.88. The summed E-state index contributed by atoms with van der Waals surface area (Å²) in [7, 11) is 1.13. The van der Waals surface area contributed by atoms with E-state index in [0.29, 0.717) is 4.47 Å². The van der Waals surface area contributed by atoms with Gasteiger partial charge in [0.2, 0.25) is 0 Å². The average Bonchev–Trinajstić information content (AvgIpc) is 2.29. The van der Waals surface area contributed by atoms with Crippen molar-refractivity contribution in [3.05, 3.63) is 32.3 Å². The van der Waals surface area contributed by atoms with E-state index in [9.17, 15) is 20.0 Å². The van der Waals surface area contributed by atoms with Gasteiger partial charge >= 0.3 is 11.7 Å². The Kier molecular flexibility index (Phi) is 4.02. The Bertz CT molecular complexity index is 477. The third-order valence-corrected chi connectivity index (χ3v) is 2.53. The number of hydrogen-bond donors (Lipinski definition) is 2. The predicted molar refractivity (Wildman–Crippen MR) is 61.4 cm³/mol. The summed E-state index contributed by atoms with van der Waals surface area (Å²) < 4.78 is 4.73. The van der Waals surface area contributed by atoms with E-state index in [1.54, 1.807) is 0 Å². The number of methoxy groups -OCH3 is 1. The van der Waals surface area contributed by atoms with E-state index in [0.717, 1.165) is 13.2 Å². The number of benzene rings is 1. The van der Waals surface area contributed by atoms with Crippen molar-refractivity contribution >= 4 is 27.6 Å². The van der Waals surface area contributed by atoms with Gasteiger partial charge in [0.05, 0.1) is 12.0 Å². The van der Waals surface area contributed by atoms with Gasteiger partial charge in [-0.1, -0.05) is 15.9 Å². The summed E-state index contributed by atoms with van der Waals surface area (Å²) >= 11 is 3.03. The largest absolute Gasteiger partial charge is 0.502 e. The number of nitro benzene ring substituents is 1. The molecule has 7 nitrogen and oxygen atoms in total. The lowest BCUT2D eigenvalue weighted by Crippen LogP contribution is -2.22. The lowest BCUT2D eigenvalue weighted by molar-refractivity contribution is -0.386. The normalized spacial score (nSPS) is 11.9. The van der Waals surface area contributed by atoms with Crippen LogP contribution >= 0.6 is 15.9 Å². The molecule has 8 heteroatoms. The number of esters is 1. The number of nitro groups is 1. The molecule has 0 aromatic heterocycles. The Hall–Kier alpha value is -1.67. The molecule has 1 rings (SSSR count). The van der Waals surface area contributed by atoms with Crippen molar-refractivity contribution in [3.63, 3.8) is 0 Å². The van der Waals surface area contributed by atoms with Crippen molar-refractivity contribution in [2.24, 2.45) is 5.73 Å². The molecular weight excluding hydrogens is 296 g/mol. The molecule has 0 radical (unpaired) electrons. The Labute approximate surface area is 104 Å². The van der Waals surface area contributed by atoms with Crippen LogP contribution in [-0.4, -0.2) is 23.1 Å². The van der Waals surface area contributed by atoms with Gasteiger partial charge in [-0.05, 0) is 6.07 Å². The van der Waals surface area contributed by atoms with Crippen molar-refractivity contribution < 1.29 is 19.6 Å². The molecule has 0 unspecified atom stereocenters. The van der Waals surface area contributed by atoms with Gasteiger partial charge in [-0.3, -0.25) is 14.9 Å². The highest BCUT2D eigenvalue weighted by atomic mass is 79.9. The lowest BCUT2D eigenvalue weighted by atomic mass is 10.1. The first-order valence-corrected chi connectivity index (χ1v) is 5.18. The molecule has 0 fully saturated rings. The molecule has 0 saturated carbocycles. The zero-order valence-corrected chi connectivity index (χ0v) is 10.3. The van der Waals surface area contributed by atoms with Crippen LogP contribution in [0.15, 0.2) is 16.6 Å². The van der Waals surface area contributed by atoms with Gasteiger partial charge in [0, 0.05) is 16.1 Å². The molecule has 1 atom stereocenters. The van der Waals surface area contributed by atoms with Gasteiger partial charge < -0.3 is 15.6 Å². The summed E-state index contributed by atoms with van der Waals surface area (Å²) in [6.45, 7) is 0. The number of ether oxygens (including phenoxy) is 1. The van der Waals surface area contributed by atoms with Gasteiger partial charge in [0.25, 0.3) is 0 Å². The summed E-state index contributed by atoms with van der Waals surface area (Å²) in [6, 6.07) is 1.16. The molecule has 0 spiro atoms. The third-order valence-electron chi connectivity index (χ3n) is 2.07. The summed E-state index contributed by atoms with van der Waals surface area (Å²) in [4.78, 5) is 21.1. The van der Waals surface area contributed by atoms with Gasteiger partial charge in [-0.25, -0.2) is 0 Å².